The van der Waals surface area contributed by atoms with Crippen LogP contribution >= 0.6 is 11.6 Å². The number of hydrogen-bond donors (Lipinski definition) is 2. The molecule has 0 spiro atoms. The van der Waals surface area contributed by atoms with Gasteiger partial charge < -0.3 is 15.7 Å². The molecule has 0 aliphatic carbocycles. The lowest BCUT2D eigenvalue weighted by Crippen LogP contribution is -2.40. The van der Waals surface area contributed by atoms with Crippen molar-refractivity contribution in [3.8, 4) is 34.2 Å². The lowest BCUT2D eigenvalue weighted by Gasteiger charge is -2.34. The second-order valence-corrected chi connectivity index (χ2v) is 9.67. The van der Waals surface area contributed by atoms with Gasteiger partial charge in [0.1, 0.15) is 17.5 Å². The molecular weight excluding hydrogens is 458 g/mol. The van der Waals surface area contributed by atoms with Crippen LogP contribution in [-0.4, -0.2) is 34.4 Å². The summed E-state index contributed by atoms with van der Waals surface area (Å²) in [7, 11) is 0. The van der Waals surface area contributed by atoms with Gasteiger partial charge in [-0.15, -0.1) is 10.2 Å². The summed E-state index contributed by atoms with van der Waals surface area (Å²) in [6.07, 6.45) is 1.78. The van der Waals surface area contributed by atoms with Gasteiger partial charge in [-0.25, -0.2) is 0 Å². The maximum Gasteiger partial charge on any atom is 0.141 e. The van der Waals surface area contributed by atoms with Crippen molar-refractivity contribution in [3.63, 3.8) is 0 Å². The zero-order chi connectivity index (χ0) is 24.7. The Balaban J connectivity index is 1.80. The van der Waals surface area contributed by atoms with Crippen LogP contribution < -0.4 is 10.6 Å². The summed E-state index contributed by atoms with van der Waals surface area (Å²) in [6, 6.07) is 17.4. The molecule has 0 radical (unpaired) electrons. The van der Waals surface area contributed by atoms with E-state index < -0.39 is 0 Å². The maximum atomic E-state index is 10.7. The normalized spacial score (nSPS) is 14.3. The van der Waals surface area contributed by atoms with E-state index in [2.05, 4.69) is 47.1 Å². The maximum absolute atomic E-state index is 10.7. The Bertz CT molecular complexity index is 1470. The lowest BCUT2D eigenvalue weighted by atomic mass is 9.96. The first-order valence-electron chi connectivity index (χ1n) is 11.7. The third kappa shape index (κ3) is 4.29. The van der Waals surface area contributed by atoms with Crippen molar-refractivity contribution >= 4 is 28.2 Å². The molecule has 1 saturated heterocycles. The Labute approximate surface area is 209 Å². The minimum Gasteiger partial charge on any atom is -0.506 e. The second-order valence-electron chi connectivity index (χ2n) is 9.26. The van der Waals surface area contributed by atoms with Crippen LogP contribution in [0.4, 0.5) is 5.69 Å². The number of piperidine rings is 1. The van der Waals surface area contributed by atoms with Crippen LogP contribution in [0.3, 0.4) is 0 Å². The molecule has 35 heavy (non-hydrogen) atoms. The fourth-order valence-corrected chi connectivity index (χ4v) is 5.18. The van der Waals surface area contributed by atoms with Crippen LogP contribution in [0.25, 0.3) is 33.3 Å². The summed E-state index contributed by atoms with van der Waals surface area (Å²) in [5.74, 6) is -0.0849. The summed E-state index contributed by atoms with van der Waals surface area (Å²) in [6.45, 7) is 5.78. The topological polar surface area (TPSA) is 99.1 Å². The van der Waals surface area contributed by atoms with E-state index in [4.69, 9.17) is 17.3 Å². The molecule has 3 N–H and O–H groups in total. The van der Waals surface area contributed by atoms with E-state index in [1.807, 2.05) is 12.1 Å². The molecule has 0 unspecified atom stereocenters. The predicted octanol–water partition coefficient (Wildman–Crippen LogP) is 5.74. The van der Waals surface area contributed by atoms with Crippen LogP contribution in [0.15, 0.2) is 48.5 Å². The van der Waals surface area contributed by atoms with Crippen LogP contribution in [-0.2, 0) is 0 Å². The predicted molar refractivity (Wildman–Crippen MR) is 141 cm³/mol. The van der Waals surface area contributed by atoms with Crippen LogP contribution in [0.5, 0.6) is 5.75 Å². The minimum atomic E-state index is -0.0849. The number of anilines is 1. The fraction of sp³-hybridized carbons (Fsp3) is 0.250. The van der Waals surface area contributed by atoms with Crippen LogP contribution in [0, 0.1) is 25.2 Å². The van der Waals surface area contributed by atoms with E-state index in [9.17, 15) is 10.4 Å². The third-order valence-electron chi connectivity index (χ3n) is 6.62. The summed E-state index contributed by atoms with van der Waals surface area (Å²) < 4.78 is 0. The number of nitriles is 1. The summed E-state index contributed by atoms with van der Waals surface area (Å²) in [5.41, 5.74) is 13.4. The molecule has 4 aromatic rings. The average Bonchev–Trinajstić information content (AvgIpc) is 2.83. The van der Waals surface area contributed by atoms with Crippen molar-refractivity contribution in [2.75, 3.05) is 18.0 Å². The number of hydrogen-bond acceptors (Lipinski definition) is 6. The second kappa shape index (κ2) is 9.18. The summed E-state index contributed by atoms with van der Waals surface area (Å²) in [5, 5.41) is 30.7. The van der Waals surface area contributed by atoms with Crippen LogP contribution in [0.2, 0.25) is 5.02 Å². The van der Waals surface area contributed by atoms with Gasteiger partial charge in [0.05, 0.1) is 21.8 Å². The van der Waals surface area contributed by atoms with E-state index in [0.29, 0.717) is 21.7 Å². The quantitative estimate of drug-likeness (QED) is 0.385. The minimum absolute atomic E-state index is 0.0849. The first-order valence-corrected chi connectivity index (χ1v) is 12.0. The number of aromatic hydroxyl groups is 1. The van der Waals surface area contributed by atoms with Crippen LogP contribution in [0.1, 0.15) is 29.5 Å². The highest BCUT2D eigenvalue weighted by Crippen LogP contribution is 2.43. The number of phenolic OH excluding ortho intramolecular Hbond substituents is 1. The largest absolute Gasteiger partial charge is 0.506 e. The Hall–Kier alpha value is -3.66. The van der Waals surface area contributed by atoms with E-state index >= 15 is 0 Å². The van der Waals surface area contributed by atoms with Gasteiger partial charge in [-0.3, -0.25) is 0 Å². The van der Waals surface area contributed by atoms with E-state index in [1.54, 1.807) is 24.3 Å². The van der Waals surface area contributed by atoms with Crippen molar-refractivity contribution in [1.82, 2.24) is 10.2 Å². The third-order valence-corrected chi connectivity index (χ3v) is 6.93. The van der Waals surface area contributed by atoms with E-state index in [1.165, 1.54) is 0 Å². The summed E-state index contributed by atoms with van der Waals surface area (Å²) in [4.78, 5) is 2.33. The van der Waals surface area contributed by atoms with Gasteiger partial charge in [0, 0.05) is 41.2 Å². The van der Waals surface area contributed by atoms with Crippen molar-refractivity contribution in [2.24, 2.45) is 5.73 Å². The first kappa shape index (κ1) is 23.1. The number of nitrogens with zero attached hydrogens (tertiary/aromatic N) is 4. The Morgan fingerprint density at radius 1 is 1.03 bits per heavy atom. The average molecular weight is 484 g/mol. The molecule has 0 saturated carbocycles. The zero-order valence-electron chi connectivity index (χ0n) is 19.7. The number of aromatic nitrogens is 2. The molecule has 1 aliphatic rings. The van der Waals surface area contributed by atoms with Gasteiger partial charge in [-0.2, -0.15) is 5.26 Å². The Kier molecular flexibility index (Phi) is 6.06. The van der Waals surface area contributed by atoms with Gasteiger partial charge >= 0.3 is 0 Å². The number of halogens is 1. The number of aryl methyl sites for hydroxylation is 2. The molecule has 5 rings (SSSR count). The highest BCUT2D eigenvalue weighted by atomic mass is 35.5. The van der Waals surface area contributed by atoms with Crippen molar-refractivity contribution in [3.05, 3.63) is 70.2 Å². The van der Waals surface area contributed by atoms with Gasteiger partial charge in [0.25, 0.3) is 0 Å². The Morgan fingerprint density at radius 2 is 1.74 bits per heavy atom. The van der Waals surface area contributed by atoms with Gasteiger partial charge in [0.2, 0.25) is 0 Å². The zero-order valence-corrected chi connectivity index (χ0v) is 20.5. The SMILES string of the molecule is Cc1cc(C)cc(-c2nnc3cc(Cl)c(-c4cccc(C#N)c4O)cc3c2N2CCC(N)CC2)c1. The number of nitrogens with two attached hydrogens (primary N) is 1. The fourth-order valence-electron chi connectivity index (χ4n) is 4.92. The molecule has 3 aromatic carbocycles. The first-order chi connectivity index (χ1) is 16.9. The monoisotopic (exact) mass is 483 g/mol. The van der Waals surface area contributed by atoms with E-state index in [0.717, 1.165) is 59.4 Å². The lowest BCUT2D eigenvalue weighted by molar-refractivity contribution is 0.475. The molecule has 0 atom stereocenters. The molecule has 2 heterocycles. The Morgan fingerprint density at radius 3 is 2.43 bits per heavy atom. The molecule has 1 aliphatic heterocycles. The van der Waals surface area contributed by atoms with Crippen molar-refractivity contribution < 1.29 is 5.11 Å². The van der Waals surface area contributed by atoms with E-state index in [-0.39, 0.29) is 17.4 Å². The number of benzene rings is 3. The molecule has 176 valence electrons. The molecule has 0 amide bonds. The molecule has 1 aromatic heterocycles. The standard InChI is InChI=1S/C28H26ClN5O/c1-16-10-17(2)12-19(11-16)26-27(34-8-6-20(31)7-9-34)23-13-22(24(29)14-25(23)32-33-26)21-5-3-4-18(15-30)28(21)35/h3-5,10-14,20,35H,6-9,31H2,1-2H3. The van der Waals surface area contributed by atoms with Gasteiger partial charge in [-0.1, -0.05) is 40.9 Å². The number of rotatable bonds is 3. The van der Waals surface area contributed by atoms with Gasteiger partial charge in [0.15, 0.2) is 0 Å². The van der Waals surface area contributed by atoms with Crippen molar-refractivity contribution in [2.45, 2.75) is 32.7 Å². The molecule has 1 fully saturated rings. The highest BCUT2D eigenvalue weighted by Gasteiger charge is 2.25. The summed E-state index contributed by atoms with van der Waals surface area (Å²) >= 11 is 6.67. The molecule has 0 bridgehead atoms. The number of phenols is 1. The number of para-hydroxylation sites is 1. The smallest absolute Gasteiger partial charge is 0.141 e. The molecule has 7 heteroatoms. The van der Waals surface area contributed by atoms with Gasteiger partial charge in [-0.05, 0) is 57.0 Å². The molecule has 6 nitrogen and oxygen atoms in total. The highest BCUT2D eigenvalue weighted by molar-refractivity contribution is 6.34. The number of fused-ring (bicyclic) bond motifs is 1. The molecular formula is C28H26ClN5O. The van der Waals surface area contributed by atoms with Crippen molar-refractivity contribution in [1.29, 1.82) is 5.26 Å².